The summed E-state index contributed by atoms with van der Waals surface area (Å²) in [6.07, 6.45) is -0.518. The van der Waals surface area contributed by atoms with Gasteiger partial charge in [0.15, 0.2) is 6.10 Å². The number of esters is 1. The van der Waals surface area contributed by atoms with Crippen LogP contribution >= 0.6 is 7.60 Å². The molecule has 0 fully saturated rings. The molecule has 3 aromatic rings. The molecular formula is C32H41N2O7P. The van der Waals surface area contributed by atoms with Crippen LogP contribution in [0, 0.1) is 5.92 Å². The van der Waals surface area contributed by atoms with Crippen molar-refractivity contribution >= 4 is 19.7 Å². The van der Waals surface area contributed by atoms with E-state index in [0.717, 1.165) is 16.7 Å². The van der Waals surface area contributed by atoms with Gasteiger partial charge in [-0.15, -0.1) is 0 Å². The van der Waals surface area contributed by atoms with E-state index in [-0.39, 0.29) is 32.2 Å². The van der Waals surface area contributed by atoms with E-state index in [2.05, 4.69) is 5.32 Å². The number of amides is 1. The summed E-state index contributed by atoms with van der Waals surface area (Å²) in [5.74, 6) is -1.85. The molecule has 3 aromatic carbocycles. The van der Waals surface area contributed by atoms with E-state index in [9.17, 15) is 14.2 Å². The molecule has 0 spiro atoms. The lowest BCUT2D eigenvalue weighted by Crippen LogP contribution is -2.33. The van der Waals surface area contributed by atoms with E-state index in [1.807, 2.05) is 105 Å². The molecule has 0 bridgehead atoms. The normalized spacial score (nSPS) is 14.0. The average molecular weight is 597 g/mol. The number of unbranched alkanes of at least 4 members (excludes halogenated alkanes) is 1. The second-order valence-corrected chi connectivity index (χ2v) is 12.4. The number of hydrogen-bond donors (Lipinski definition) is 2. The highest BCUT2D eigenvalue weighted by Crippen LogP contribution is 2.55. The minimum absolute atomic E-state index is 0.0132. The highest BCUT2D eigenvalue weighted by molar-refractivity contribution is 7.54. The van der Waals surface area contributed by atoms with Crippen molar-refractivity contribution in [1.82, 2.24) is 5.32 Å². The van der Waals surface area contributed by atoms with Crippen LogP contribution in [0.1, 0.15) is 49.8 Å². The number of nitrogens with one attached hydrogen (secondary N) is 1. The van der Waals surface area contributed by atoms with Crippen LogP contribution in [-0.4, -0.2) is 30.5 Å². The van der Waals surface area contributed by atoms with Crippen molar-refractivity contribution in [3.05, 3.63) is 108 Å². The third-order valence-corrected chi connectivity index (χ3v) is 8.80. The number of alkyl carbamates (subject to hydrolysis) is 1. The van der Waals surface area contributed by atoms with E-state index in [1.165, 1.54) is 0 Å². The number of nitrogens with two attached hydrogens (primary N) is 1. The highest BCUT2D eigenvalue weighted by Gasteiger charge is 2.40. The minimum atomic E-state index is -3.96. The molecule has 1 amide bonds. The number of carbonyl (C=O) groups excluding carboxylic acids is 2. The van der Waals surface area contributed by atoms with E-state index < -0.39 is 31.5 Å². The molecule has 0 aromatic heterocycles. The van der Waals surface area contributed by atoms with Crippen LogP contribution < -0.4 is 11.1 Å². The van der Waals surface area contributed by atoms with Crippen LogP contribution in [0.15, 0.2) is 91.0 Å². The van der Waals surface area contributed by atoms with Gasteiger partial charge in [-0.1, -0.05) is 105 Å². The molecule has 0 aliphatic carbocycles. The molecule has 42 heavy (non-hydrogen) atoms. The molecule has 0 aliphatic heterocycles. The Kier molecular flexibility index (Phi) is 13.7. The van der Waals surface area contributed by atoms with Gasteiger partial charge in [0.25, 0.3) is 0 Å². The summed E-state index contributed by atoms with van der Waals surface area (Å²) in [5, 5.41) is 2.70. The third kappa shape index (κ3) is 11.4. The zero-order valence-electron chi connectivity index (χ0n) is 24.2. The zero-order valence-corrected chi connectivity index (χ0v) is 25.1. The second kappa shape index (κ2) is 17.5. The van der Waals surface area contributed by atoms with Crippen LogP contribution in [0.2, 0.25) is 0 Å². The highest BCUT2D eigenvalue weighted by atomic mass is 31.2. The van der Waals surface area contributed by atoms with Crippen LogP contribution in [0.4, 0.5) is 4.79 Å². The van der Waals surface area contributed by atoms with Crippen LogP contribution in [-0.2, 0) is 47.7 Å². The summed E-state index contributed by atoms with van der Waals surface area (Å²) in [6.45, 7) is 4.19. The Morgan fingerprint density at radius 1 is 0.762 bits per heavy atom. The van der Waals surface area contributed by atoms with E-state index in [0.29, 0.717) is 19.4 Å². The maximum atomic E-state index is 14.0. The van der Waals surface area contributed by atoms with Gasteiger partial charge >= 0.3 is 19.7 Å². The Balaban J connectivity index is 1.60. The predicted octanol–water partition coefficient (Wildman–Crippen LogP) is 6.56. The lowest BCUT2D eigenvalue weighted by Gasteiger charge is -2.29. The molecule has 0 heterocycles. The third-order valence-electron chi connectivity index (χ3n) is 6.44. The van der Waals surface area contributed by atoms with Crippen molar-refractivity contribution in [2.75, 3.05) is 6.54 Å². The standard InChI is InChI=1S/C32H41N2O7P/c1-25(2)30(33)42(37,40-24-28-18-10-5-11-19-28)41-29(31(35)38-22-26-14-6-3-7-15-26)20-12-13-21-34-32(36)39-23-27-16-8-4-9-17-27/h3-11,14-19,25,29-30H,12-13,20-24,33H2,1-2H3,(H,34,36)/t29-,30?,42?/m0/s1. The predicted molar refractivity (Wildman–Crippen MR) is 161 cm³/mol. The van der Waals surface area contributed by atoms with Crippen molar-refractivity contribution in [3.8, 4) is 0 Å². The first-order valence-electron chi connectivity index (χ1n) is 14.1. The van der Waals surface area contributed by atoms with Crippen LogP contribution in [0.25, 0.3) is 0 Å². The number of carbonyl (C=O) groups is 2. The summed E-state index contributed by atoms with van der Waals surface area (Å²) in [4.78, 5) is 25.3. The topological polar surface area (TPSA) is 126 Å². The molecular weight excluding hydrogens is 555 g/mol. The van der Waals surface area contributed by atoms with E-state index >= 15 is 0 Å². The minimum Gasteiger partial charge on any atom is -0.459 e. The molecule has 10 heteroatoms. The van der Waals surface area contributed by atoms with Gasteiger partial charge in [-0.25, -0.2) is 9.59 Å². The van der Waals surface area contributed by atoms with Gasteiger partial charge in [0.1, 0.15) is 19.0 Å². The Hall–Kier alpha value is -3.49. The SMILES string of the molecule is CC(C)C(N)P(=O)(OCc1ccccc1)O[C@@H](CCCCNC(=O)OCc1ccccc1)C(=O)OCc1ccccc1. The molecule has 3 N–H and O–H groups in total. The summed E-state index contributed by atoms with van der Waals surface area (Å²) < 4.78 is 36.6. The molecule has 2 unspecified atom stereocenters. The van der Waals surface area contributed by atoms with Gasteiger partial charge in [0.05, 0.1) is 6.61 Å². The molecule has 0 aliphatic rings. The average Bonchev–Trinajstić information content (AvgIpc) is 3.02. The largest absolute Gasteiger partial charge is 0.459 e. The second-order valence-electron chi connectivity index (χ2n) is 10.2. The molecule has 226 valence electrons. The van der Waals surface area contributed by atoms with Gasteiger partial charge in [-0.05, 0) is 41.9 Å². The smallest absolute Gasteiger partial charge is 0.407 e. The van der Waals surface area contributed by atoms with E-state index in [4.69, 9.17) is 24.3 Å². The Morgan fingerprint density at radius 2 is 1.26 bits per heavy atom. The van der Waals surface area contributed by atoms with E-state index in [1.54, 1.807) is 0 Å². The maximum Gasteiger partial charge on any atom is 0.407 e. The summed E-state index contributed by atoms with van der Waals surface area (Å²) in [7, 11) is -3.96. The number of rotatable bonds is 17. The zero-order chi connectivity index (χ0) is 30.2. The summed E-state index contributed by atoms with van der Waals surface area (Å²) in [5.41, 5.74) is 8.82. The van der Waals surface area contributed by atoms with Crippen molar-refractivity contribution in [2.24, 2.45) is 11.7 Å². The van der Waals surface area contributed by atoms with Gasteiger partial charge < -0.3 is 25.0 Å². The lowest BCUT2D eigenvalue weighted by molar-refractivity contribution is -0.154. The fraction of sp³-hybridized carbons (Fsp3) is 0.375. The van der Waals surface area contributed by atoms with Gasteiger partial charge in [0, 0.05) is 6.54 Å². The van der Waals surface area contributed by atoms with Crippen LogP contribution in [0.5, 0.6) is 0 Å². The summed E-state index contributed by atoms with van der Waals surface area (Å²) in [6, 6.07) is 27.9. The molecule has 0 saturated carbocycles. The Bertz CT molecular complexity index is 1260. The fourth-order valence-corrected chi connectivity index (χ4v) is 5.90. The molecule has 0 saturated heterocycles. The lowest BCUT2D eigenvalue weighted by atomic mass is 10.1. The van der Waals surface area contributed by atoms with Crippen molar-refractivity contribution < 1.29 is 32.7 Å². The quantitative estimate of drug-likeness (QED) is 0.102. The number of ether oxygens (including phenoxy) is 2. The molecule has 3 rings (SSSR count). The first-order chi connectivity index (χ1) is 20.3. The first-order valence-corrected chi connectivity index (χ1v) is 15.8. The molecule has 9 nitrogen and oxygen atoms in total. The monoisotopic (exact) mass is 596 g/mol. The molecule has 0 radical (unpaired) electrons. The van der Waals surface area contributed by atoms with Gasteiger partial charge in [-0.3, -0.25) is 9.09 Å². The fourth-order valence-electron chi connectivity index (χ4n) is 3.92. The van der Waals surface area contributed by atoms with Crippen molar-refractivity contribution in [3.63, 3.8) is 0 Å². The van der Waals surface area contributed by atoms with Crippen molar-refractivity contribution in [1.29, 1.82) is 0 Å². The van der Waals surface area contributed by atoms with Crippen LogP contribution in [0.3, 0.4) is 0 Å². The Morgan fingerprint density at radius 3 is 1.79 bits per heavy atom. The van der Waals surface area contributed by atoms with Crippen molar-refractivity contribution in [2.45, 2.75) is 64.8 Å². The number of hydrogen-bond acceptors (Lipinski definition) is 8. The first kappa shape index (κ1) is 33.0. The molecule has 3 atom stereocenters. The van der Waals surface area contributed by atoms with Gasteiger partial charge in [-0.2, -0.15) is 0 Å². The summed E-state index contributed by atoms with van der Waals surface area (Å²) >= 11 is 0. The maximum absolute atomic E-state index is 14.0. The van der Waals surface area contributed by atoms with Gasteiger partial charge in [0.2, 0.25) is 0 Å². The number of benzene rings is 3. The Labute approximate surface area is 248 Å².